The van der Waals surface area contributed by atoms with Crippen LogP contribution in [0.25, 0.3) is 0 Å². The minimum atomic E-state index is -0.922. The Balaban J connectivity index is 0.00000320. The summed E-state index contributed by atoms with van der Waals surface area (Å²) in [5.74, 6) is 0.312. The second-order valence-corrected chi connectivity index (χ2v) is 9.61. The number of carbonyl (C=O) groups excluding carboxylic acids is 3. The third-order valence-electron chi connectivity index (χ3n) is 7.26. The molecule has 0 saturated carbocycles. The van der Waals surface area contributed by atoms with Crippen molar-refractivity contribution in [2.75, 3.05) is 19.7 Å². The zero-order chi connectivity index (χ0) is 25.1. The smallest absolute Gasteiger partial charge is 0.410 e. The molecule has 3 amide bonds. The van der Waals surface area contributed by atoms with E-state index in [1.807, 2.05) is 54.6 Å². The monoisotopic (exact) mass is 528 g/mol. The predicted molar refractivity (Wildman–Crippen MR) is 139 cm³/mol. The van der Waals surface area contributed by atoms with E-state index in [4.69, 9.17) is 15.2 Å². The topological polar surface area (TPSA) is 114 Å². The van der Waals surface area contributed by atoms with Gasteiger partial charge in [-0.3, -0.25) is 9.59 Å². The zero-order valence-electron chi connectivity index (χ0n) is 20.6. The van der Waals surface area contributed by atoms with Crippen LogP contribution in [-0.2, 0) is 20.9 Å². The summed E-state index contributed by atoms with van der Waals surface area (Å²) >= 11 is 0. The van der Waals surface area contributed by atoms with Gasteiger partial charge in [0.25, 0.3) is 0 Å². The molecule has 37 heavy (non-hydrogen) atoms. The minimum Gasteiger partial charge on any atom is -0.493 e. The molecule has 5 rings (SSSR count). The van der Waals surface area contributed by atoms with Crippen molar-refractivity contribution in [2.45, 2.75) is 56.5 Å². The first-order valence-electron chi connectivity index (χ1n) is 12.6. The number of halogens is 1. The van der Waals surface area contributed by atoms with Crippen molar-refractivity contribution in [2.24, 2.45) is 5.73 Å². The maximum atomic E-state index is 13.4. The van der Waals surface area contributed by atoms with E-state index in [0.717, 1.165) is 16.9 Å². The molecule has 0 radical (unpaired) electrons. The molecule has 2 aromatic carbocycles. The summed E-state index contributed by atoms with van der Waals surface area (Å²) in [7, 11) is 0. The quantitative estimate of drug-likeness (QED) is 0.630. The molecular weight excluding hydrogens is 496 g/mol. The number of fused-ring (bicyclic) bond motifs is 2. The van der Waals surface area contributed by atoms with Gasteiger partial charge in [-0.15, -0.1) is 12.4 Å². The number of amides is 3. The maximum absolute atomic E-state index is 13.4. The van der Waals surface area contributed by atoms with E-state index >= 15 is 0 Å². The largest absolute Gasteiger partial charge is 0.493 e. The van der Waals surface area contributed by atoms with Crippen LogP contribution in [0, 0.1) is 0 Å². The molecule has 0 bridgehead atoms. The first-order valence-corrected chi connectivity index (χ1v) is 12.6. The number of ether oxygens (including phenoxy) is 2. The SMILES string of the molecule is Cl.N[C@H]1CN(C(=O)OCc2ccccc2)CC[C@H]2CC[C@@H](C(=O)N[C@@H]3CCOc4ccccc43)N2C1=O. The van der Waals surface area contributed by atoms with Gasteiger partial charge in [0.2, 0.25) is 11.8 Å². The second-order valence-electron chi connectivity index (χ2n) is 9.61. The molecule has 2 aromatic rings. The fourth-order valence-corrected chi connectivity index (χ4v) is 5.40. The molecule has 0 aromatic heterocycles. The molecule has 0 aliphatic carbocycles. The Morgan fingerprint density at radius 2 is 1.78 bits per heavy atom. The van der Waals surface area contributed by atoms with Crippen molar-refractivity contribution in [1.29, 1.82) is 0 Å². The van der Waals surface area contributed by atoms with Gasteiger partial charge in [0, 0.05) is 31.1 Å². The lowest BCUT2D eigenvalue weighted by Gasteiger charge is -2.37. The number of nitrogens with zero attached hydrogens (tertiary/aromatic N) is 2. The molecule has 0 unspecified atom stereocenters. The molecular formula is C27H33ClN4O5. The number of nitrogens with two attached hydrogens (primary N) is 1. The number of para-hydroxylation sites is 1. The van der Waals surface area contributed by atoms with E-state index in [0.29, 0.717) is 38.8 Å². The molecule has 3 aliphatic heterocycles. The summed E-state index contributed by atoms with van der Waals surface area (Å²) in [5, 5.41) is 3.14. The molecule has 3 heterocycles. The highest BCUT2D eigenvalue weighted by Crippen LogP contribution is 2.33. The number of hydrogen-bond acceptors (Lipinski definition) is 6. The van der Waals surface area contributed by atoms with Crippen LogP contribution in [0.5, 0.6) is 5.75 Å². The van der Waals surface area contributed by atoms with Crippen LogP contribution in [0.3, 0.4) is 0 Å². The summed E-state index contributed by atoms with van der Waals surface area (Å²) in [4.78, 5) is 42.6. The lowest BCUT2D eigenvalue weighted by molar-refractivity contribution is -0.143. The van der Waals surface area contributed by atoms with Crippen molar-refractivity contribution in [3.8, 4) is 5.75 Å². The van der Waals surface area contributed by atoms with Crippen LogP contribution >= 0.6 is 12.4 Å². The van der Waals surface area contributed by atoms with Gasteiger partial charge in [0.1, 0.15) is 24.4 Å². The van der Waals surface area contributed by atoms with E-state index in [1.165, 1.54) is 4.90 Å². The van der Waals surface area contributed by atoms with Crippen molar-refractivity contribution in [1.82, 2.24) is 15.1 Å². The summed E-state index contributed by atoms with van der Waals surface area (Å²) in [5.41, 5.74) is 8.10. The fourth-order valence-electron chi connectivity index (χ4n) is 5.40. The van der Waals surface area contributed by atoms with Crippen LogP contribution in [0.1, 0.15) is 42.9 Å². The van der Waals surface area contributed by atoms with Gasteiger partial charge < -0.3 is 30.3 Å². The number of nitrogens with one attached hydrogen (secondary N) is 1. The number of benzene rings is 2. The van der Waals surface area contributed by atoms with E-state index in [1.54, 1.807) is 4.90 Å². The maximum Gasteiger partial charge on any atom is 0.410 e. The van der Waals surface area contributed by atoms with E-state index < -0.39 is 18.2 Å². The Morgan fingerprint density at radius 3 is 2.59 bits per heavy atom. The number of rotatable bonds is 4. The summed E-state index contributed by atoms with van der Waals surface area (Å²) in [6, 6.07) is 15.3. The Bertz CT molecular complexity index is 1120. The highest BCUT2D eigenvalue weighted by atomic mass is 35.5. The second kappa shape index (κ2) is 11.8. The van der Waals surface area contributed by atoms with Gasteiger partial charge in [-0.1, -0.05) is 48.5 Å². The van der Waals surface area contributed by atoms with Crippen molar-refractivity contribution < 1.29 is 23.9 Å². The van der Waals surface area contributed by atoms with Crippen LogP contribution < -0.4 is 15.8 Å². The van der Waals surface area contributed by atoms with Gasteiger partial charge >= 0.3 is 6.09 Å². The van der Waals surface area contributed by atoms with Gasteiger partial charge in [-0.05, 0) is 30.9 Å². The molecule has 9 nitrogen and oxygen atoms in total. The molecule has 10 heteroatoms. The lowest BCUT2D eigenvalue weighted by atomic mass is 10.00. The number of carbonyl (C=O) groups is 3. The Kier molecular flexibility index (Phi) is 8.56. The average Bonchev–Trinajstić information content (AvgIpc) is 3.33. The fraction of sp³-hybridized carbons (Fsp3) is 0.444. The average molecular weight is 529 g/mol. The zero-order valence-corrected chi connectivity index (χ0v) is 21.4. The van der Waals surface area contributed by atoms with Crippen LogP contribution in [0.2, 0.25) is 0 Å². The summed E-state index contributed by atoms with van der Waals surface area (Å²) in [6.45, 7) is 1.15. The predicted octanol–water partition coefficient (Wildman–Crippen LogP) is 2.78. The molecule has 3 aliphatic rings. The van der Waals surface area contributed by atoms with Gasteiger partial charge in [0.15, 0.2) is 0 Å². The third kappa shape index (κ3) is 5.83. The van der Waals surface area contributed by atoms with E-state index in [2.05, 4.69) is 5.32 Å². The molecule has 2 fully saturated rings. The van der Waals surface area contributed by atoms with E-state index in [9.17, 15) is 14.4 Å². The summed E-state index contributed by atoms with van der Waals surface area (Å²) < 4.78 is 11.2. The third-order valence-corrected chi connectivity index (χ3v) is 7.26. The van der Waals surface area contributed by atoms with Gasteiger partial charge in [-0.25, -0.2) is 4.79 Å². The molecule has 2 saturated heterocycles. The Hall–Kier alpha value is -3.30. The Labute approximate surface area is 222 Å². The van der Waals surface area contributed by atoms with Crippen molar-refractivity contribution >= 4 is 30.3 Å². The minimum absolute atomic E-state index is 0. The molecule has 198 valence electrons. The van der Waals surface area contributed by atoms with Crippen molar-refractivity contribution in [3.63, 3.8) is 0 Å². The van der Waals surface area contributed by atoms with Crippen molar-refractivity contribution in [3.05, 3.63) is 65.7 Å². The van der Waals surface area contributed by atoms with Crippen LogP contribution in [0.15, 0.2) is 54.6 Å². The standard InChI is InChI=1S/C27H32N4O5.ClH/c28-21-16-30(27(34)36-17-18-6-2-1-3-7-18)14-12-19-10-11-23(31(19)26(21)33)25(32)29-22-13-15-35-24-9-5-4-8-20(22)24;/h1-9,19,21-23H,10-17,28H2,(H,29,32);1H/t19-,21+,22-,23+;/m1./s1. The first kappa shape index (κ1) is 26.8. The first-order chi connectivity index (χ1) is 17.5. The van der Waals surface area contributed by atoms with Crippen LogP contribution in [-0.4, -0.2) is 65.5 Å². The molecule has 3 N–H and O–H groups in total. The Morgan fingerprint density at radius 1 is 1.03 bits per heavy atom. The normalized spacial score (nSPS) is 24.9. The molecule has 4 atom stereocenters. The lowest BCUT2D eigenvalue weighted by Crippen LogP contribution is -2.59. The van der Waals surface area contributed by atoms with Gasteiger partial charge in [0.05, 0.1) is 12.6 Å². The molecule has 0 spiro atoms. The van der Waals surface area contributed by atoms with Gasteiger partial charge in [-0.2, -0.15) is 0 Å². The highest BCUT2D eigenvalue weighted by molar-refractivity contribution is 5.91. The number of hydrogen-bond donors (Lipinski definition) is 2. The van der Waals surface area contributed by atoms with Crippen LogP contribution in [0.4, 0.5) is 4.79 Å². The highest BCUT2D eigenvalue weighted by Gasteiger charge is 2.44. The summed E-state index contributed by atoms with van der Waals surface area (Å²) in [6.07, 6.45) is 2.02. The van der Waals surface area contributed by atoms with E-state index in [-0.39, 0.29) is 49.5 Å².